The molecule has 0 bridgehead atoms. The van der Waals surface area contributed by atoms with Gasteiger partial charge in [0.15, 0.2) is 0 Å². The van der Waals surface area contributed by atoms with E-state index < -0.39 is 17.3 Å². The summed E-state index contributed by atoms with van der Waals surface area (Å²) in [7, 11) is 0. The number of nitrogens with one attached hydrogen (secondary N) is 4. The maximum atomic E-state index is 12.0. The summed E-state index contributed by atoms with van der Waals surface area (Å²) in [4.78, 5) is 38.9. The molecule has 1 atom stereocenters. The molecule has 2 aromatic heterocycles. The van der Waals surface area contributed by atoms with Crippen LogP contribution in [0.2, 0.25) is 0 Å². The number of hydrogen-bond donors (Lipinski definition) is 4. The Kier molecular flexibility index (Phi) is 4.99. The van der Waals surface area contributed by atoms with Gasteiger partial charge in [-0.15, -0.1) is 0 Å². The Labute approximate surface area is 132 Å². The van der Waals surface area contributed by atoms with Crippen molar-refractivity contribution in [3.05, 3.63) is 44.9 Å². The zero-order valence-electron chi connectivity index (χ0n) is 13.2. The van der Waals surface area contributed by atoms with Crippen molar-refractivity contribution >= 4 is 11.8 Å². The lowest BCUT2D eigenvalue weighted by molar-refractivity contribution is 0.251. The van der Waals surface area contributed by atoms with E-state index in [4.69, 9.17) is 0 Å². The Morgan fingerprint density at radius 3 is 2.74 bits per heavy atom. The van der Waals surface area contributed by atoms with Gasteiger partial charge in [0.1, 0.15) is 5.82 Å². The van der Waals surface area contributed by atoms with Gasteiger partial charge in [0, 0.05) is 12.3 Å². The fourth-order valence-electron chi connectivity index (χ4n) is 1.93. The summed E-state index contributed by atoms with van der Waals surface area (Å²) in [5, 5.41) is 9.47. The van der Waals surface area contributed by atoms with Gasteiger partial charge in [-0.25, -0.2) is 14.3 Å². The molecule has 0 aliphatic heterocycles. The van der Waals surface area contributed by atoms with Gasteiger partial charge in [0.25, 0.3) is 5.56 Å². The molecule has 0 saturated carbocycles. The summed E-state index contributed by atoms with van der Waals surface area (Å²) < 4.78 is 1.73. The second-order valence-electron chi connectivity index (χ2n) is 5.55. The van der Waals surface area contributed by atoms with Gasteiger partial charge in [-0.2, -0.15) is 5.10 Å². The van der Waals surface area contributed by atoms with Crippen LogP contribution in [0.15, 0.2) is 28.0 Å². The van der Waals surface area contributed by atoms with E-state index in [1.807, 2.05) is 6.92 Å². The number of aromatic amines is 2. The van der Waals surface area contributed by atoms with Gasteiger partial charge in [-0.05, 0) is 12.8 Å². The van der Waals surface area contributed by atoms with Crippen molar-refractivity contribution in [2.75, 3.05) is 5.32 Å². The van der Waals surface area contributed by atoms with Crippen LogP contribution in [0.1, 0.15) is 32.4 Å². The molecule has 9 heteroatoms. The number of nitrogens with zero attached hydrogens (tertiary/aromatic N) is 2. The van der Waals surface area contributed by atoms with Crippen LogP contribution >= 0.6 is 0 Å². The van der Waals surface area contributed by atoms with Gasteiger partial charge in [0.2, 0.25) is 0 Å². The third-order valence-electron chi connectivity index (χ3n) is 3.60. The number of aromatic nitrogens is 4. The smallest absolute Gasteiger partial charge is 0.325 e. The van der Waals surface area contributed by atoms with Crippen LogP contribution in [0.4, 0.5) is 10.6 Å². The second-order valence-corrected chi connectivity index (χ2v) is 5.55. The van der Waals surface area contributed by atoms with Crippen molar-refractivity contribution in [1.82, 2.24) is 25.1 Å². The maximum Gasteiger partial charge on any atom is 0.325 e. The minimum atomic E-state index is -0.588. The fraction of sp³-hybridized carbons (Fsp3) is 0.429. The van der Waals surface area contributed by atoms with Crippen molar-refractivity contribution in [2.45, 2.75) is 33.4 Å². The van der Waals surface area contributed by atoms with Crippen LogP contribution in [-0.2, 0) is 6.54 Å². The first-order valence-corrected chi connectivity index (χ1v) is 7.27. The van der Waals surface area contributed by atoms with Crippen LogP contribution in [0, 0.1) is 5.92 Å². The lowest BCUT2D eigenvalue weighted by Gasteiger charge is -2.19. The van der Waals surface area contributed by atoms with E-state index in [2.05, 4.69) is 39.5 Å². The molecule has 23 heavy (non-hydrogen) atoms. The molecule has 0 aliphatic carbocycles. The number of hydrogen-bond acceptors (Lipinski definition) is 4. The van der Waals surface area contributed by atoms with Gasteiger partial charge in [-0.3, -0.25) is 15.1 Å². The summed E-state index contributed by atoms with van der Waals surface area (Å²) in [6.07, 6.45) is 2.88. The lowest BCUT2D eigenvalue weighted by Crippen LogP contribution is -2.33. The minimum absolute atomic E-state index is 0.00812. The minimum Gasteiger partial charge on any atom is -0.333 e. The van der Waals surface area contributed by atoms with E-state index in [9.17, 15) is 14.4 Å². The van der Waals surface area contributed by atoms with Crippen molar-refractivity contribution < 1.29 is 4.79 Å². The third kappa shape index (κ3) is 4.09. The van der Waals surface area contributed by atoms with Crippen LogP contribution in [0.25, 0.3) is 0 Å². The SMILES string of the molecule is CC(C)[C@@H](C)n1nccc1NC(=O)NCc1c[nH]c(=O)[nH]c1=O. The Hall–Kier alpha value is -2.84. The monoisotopic (exact) mass is 320 g/mol. The van der Waals surface area contributed by atoms with Gasteiger partial charge >= 0.3 is 11.7 Å². The number of carbonyl (C=O) groups is 1. The highest BCUT2D eigenvalue weighted by molar-refractivity contribution is 5.88. The molecule has 124 valence electrons. The van der Waals surface area contributed by atoms with Crippen LogP contribution in [0.5, 0.6) is 0 Å². The van der Waals surface area contributed by atoms with Crippen molar-refractivity contribution in [2.24, 2.45) is 5.92 Å². The summed E-state index contributed by atoms with van der Waals surface area (Å²) in [5.74, 6) is 0.928. The maximum absolute atomic E-state index is 12.0. The fourth-order valence-corrected chi connectivity index (χ4v) is 1.93. The molecular formula is C14H20N6O3. The number of carbonyl (C=O) groups excluding carboxylic acids is 1. The predicted octanol–water partition coefficient (Wildman–Crippen LogP) is 0.798. The molecule has 0 saturated heterocycles. The molecule has 0 aliphatic rings. The first-order valence-electron chi connectivity index (χ1n) is 7.27. The summed E-state index contributed by atoms with van der Waals surface area (Å²) in [6, 6.07) is 1.36. The van der Waals surface area contributed by atoms with Gasteiger partial charge < -0.3 is 10.3 Å². The van der Waals surface area contributed by atoms with Crippen molar-refractivity contribution in [3.63, 3.8) is 0 Å². The highest BCUT2D eigenvalue weighted by Gasteiger charge is 2.15. The molecule has 2 aromatic rings. The number of rotatable bonds is 5. The molecular weight excluding hydrogens is 300 g/mol. The number of urea groups is 1. The van der Waals surface area contributed by atoms with Gasteiger partial charge in [-0.1, -0.05) is 13.8 Å². The number of amides is 2. The summed E-state index contributed by atoms with van der Waals surface area (Å²) in [6.45, 7) is 6.14. The molecule has 2 heterocycles. The van der Waals surface area contributed by atoms with Crippen molar-refractivity contribution in [1.29, 1.82) is 0 Å². The lowest BCUT2D eigenvalue weighted by atomic mass is 10.1. The second kappa shape index (κ2) is 6.95. The standard InChI is InChI=1S/C14H20N6O3/c1-8(2)9(3)20-11(4-5-17-20)18-13(22)15-6-10-7-16-14(23)19-12(10)21/h4-5,7-9H,6H2,1-3H3,(H2,15,18,22)(H2,16,19,21,23)/t9-/m1/s1. The number of H-pyrrole nitrogens is 2. The zero-order chi connectivity index (χ0) is 17.0. The molecule has 0 radical (unpaired) electrons. The van der Waals surface area contributed by atoms with E-state index >= 15 is 0 Å². The largest absolute Gasteiger partial charge is 0.333 e. The van der Waals surface area contributed by atoms with Crippen LogP contribution in [-0.4, -0.2) is 25.8 Å². The molecule has 2 amide bonds. The van der Waals surface area contributed by atoms with E-state index in [0.717, 1.165) is 0 Å². The highest BCUT2D eigenvalue weighted by atomic mass is 16.2. The molecule has 0 unspecified atom stereocenters. The predicted molar refractivity (Wildman–Crippen MR) is 85.3 cm³/mol. The average Bonchev–Trinajstić information content (AvgIpc) is 2.93. The van der Waals surface area contributed by atoms with Crippen LogP contribution in [0.3, 0.4) is 0 Å². The molecule has 4 N–H and O–H groups in total. The first kappa shape index (κ1) is 16.5. The Balaban J connectivity index is 1.99. The molecule has 9 nitrogen and oxygen atoms in total. The third-order valence-corrected chi connectivity index (χ3v) is 3.60. The molecule has 2 rings (SSSR count). The Morgan fingerprint density at radius 2 is 2.09 bits per heavy atom. The van der Waals surface area contributed by atoms with Gasteiger partial charge in [0.05, 0.1) is 24.3 Å². The van der Waals surface area contributed by atoms with E-state index in [-0.39, 0.29) is 18.2 Å². The summed E-state index contributed by atoms with van der Waals surface area (Å²) in [5.41, 5.74) is -0.869. The topological polar surface area (TPSA) is 125 Å². The summed E-state index contributed by atoms with van der Waals surface area (Å²) >= 11 is 0. The van der Waals surface area contributed by atoms with Crippen molar-refractivity contribution in [3.8, 4) is 0 Å². The van der Waals surface area contributed by atoms with E-state index in [0.29, 0.717) is 11.7 Å². The molecule has 0 fully saturated rings. The Bertz CT molecular complexity index is 788. The van der Waals surface area contributed by atoms with Crippen LogP contribution < -0.4 is 21.9 Å². The number of anilines is 1. The quantitative estimate of drug-likeness (QED) is 0.650. The molecule has 0 spiro atoms. The normalized spacial score (nSPS) is 12.2. The zero-order valence-corrected chi connectivity index (χ0v) is 13.2. The Morgan fingerprint density at radius 1 is 1.35 bits per heavy atom. The van der Waals surface area contributed by atoms with E-state index in [1.165, 1.54) is 6.20 Å². The first-order chi connectivity index (χ1) is 10.9. The highest BCUT2D eigenvalue weighted by Crippen LogP contribution is 2.20. The molecule has 0 aromatic carbocycles. The average molecular weight is 320 g/mol. The van der Waals surface area contributed by atoms with E-state index in [1.54, 1.807) is 16.9 Å².